The normalized spacial score (nSPS) is 10.2. The van der Waals surface area contributed by atoms with Crippen molar-refractivity contribution in [1.82, 2.24) is 4.98 Å². The molecule has 1 amide bonds. The molecule has 5 nitrogen and oxygen atoms in total. The van der Waals surface area contributed by atoms with Crippen LogP contribution in [0.5, 0.6) is 11.5 Å². The molecule has 3 N–H and O–H groups in total. The quantitative estimate of drug-likeness (QED) is 0.866. The highest BCUT2D eigenvalue weighted by atomic mass is 32.1. The molecule has 1 aromatic carbocycles. The summed E-state index contributed by atoms with van der Waals surface area (Å²) in [5, 5.41) is 11.4. The molecule has 88 valence electrons. The Kier molecular flexibility index (Phi) is 2.97. The summed E-state index contributed by atoms with van der Waals surface area (Å²) in [5.41, 5.74) is 6.51. The minimum Gasteiger partial charge on any atom is -0.504 e. The number of phenols is 1. The molecule has 1 aromatic heterocycles. The van der Waals surface area contributed by atoms with E-state index in [1.807, 2.05) is 0 Å². The lowest BCUT2D eigenvalue weighted by atomic mass is 10.1. The fourth-order valence-corrected chi connectivity index (χ4v) is 2.04. The summed E-state index contributed by atoms with van der Waals surface area (Å²) in [6, 6.07) is 4.85. The number of aromatic hydroxyl groups is 1. The van der Waals surface area contributed by atoms with E-state index in [2.05, 4.69) is 4.98 Å². The van der Waals surface area contributed by atoms with Gasteiger partial charge in [0.05, 0.1) is 12.8 Å². The Balaban J connectivity index is 2.42. The van der Waals surface area contributed by atoms with E-state index in [9.17, 15) is 9.90 Å². The summed E-state index contributed by atoms with van der Waals surface area (Å²) in [4.78, 5) is 15.0. The molecular formula is C11H10N2O3S. The van der Waals surface area contributed by atoms with Gasteiger partial charge in [0.1, 0.15) is 0 Å². The molecule has 2 aromatic rings. The van der Waals surface area contributed by atoms with E-state index in [1.165, 1.54) is 24.5 Å². The van der Waals surface area contributed by atoms with Crippen LogP contribution in [-0.4, -0.2) is 23.1 Å². The summed E-state index contributed by atoms with van der Waals surface area (Å²) in [7, 11) is 1.47. The Hall–Kier alpha value is -2.08. The first kappa shape index (κ1) is 11.4. The minimum absolute atomic E-state index is 0.0570. The summed E-state index contributed by atoms with van der Waals surface area (Å²) in [6.07, 6.45) is 0. The van der Waals surface area contributed by atoms with Crippen molar-refractivity contribution < 1.29 is 14.6 Å². The molecule has 2 rings (SSSR count). The van der Waals surface area contributed by atoms with Gasteiger partial charge in [0, 0.05) is 10.9 Å². The fraction of sp³-hybridized carbons (Fsp3) is 0.0909. The number of nitrogens with zero attached hydrogens (tertiary/aromatic N) is 1. The van der Waals surface area contributed by atoms with Gasteiger partial charge in [0.15, 0.2) is 16.5 Å². The molecule has 0 fully saturated rings. The third kappa shape index (κ3) is 2.21. The minimum atomic E-state index is -0.549. The lowest BCUT2D eigenvalue weighted by Crippen LogP contribution is -2.10. The fourth-order valence-electron chi connectivity index (χ4n) is 1.36. The van der Waals surface area contributed by atoms with Gasteiger partial charge < -0.3 is 15.6 Å². The van der Waals surface area contributed by atoms with Crippen LogP contribution in [0.2, 0.25) is 0 Å². The smallest absolute Gasteiger partial charge is 0.277 e. The molecule has 0 unspecified atom stereocenters. The number of phenolic OH excluding ortho intramolecular Hbond substituents is 1. The predicted molar refractivity (Wildman–Crippen MR) is 64.3 cm³/mol. The van der Waals surface area contributed by atoms with E-state index < -0.39 is 5.91 Å². The van der Waals surface area contributed by atoms with E-state index >= 15 is 0 Å². The van der Waals surface area contributed by atoms with E-state index in [0.717, 1.165) is 5.56 Å². The van der Waals surface area contributed by atoms with Crippen molar-refractivity contribution in [2.45, 2.75) is 0 Å². The van der Waals surface area contributed by atoms with Crippen LogP contribution in [0, 0.1) is 0 Å². The second-order valence-corrected chi connectivity index (χ2v) is 4.15. The maximum atomic E-state index is 10.9. The van der Waals surface area contributed by atoms with Crippen LogP contribution >= 0.6 is 11.3 Å². The van der Waals surface area contributed by atoms with E-state index in [0.29, 0.717) is 11.4 Å². The van der Waals surface area contributed by atoms with Crippen molar-refractivity contribution in [3.8, 4) is 22.8 Å². The zero-order chi connectivity index (χ0) is 12.4. The molecular weight excluding hydrogens is 240 g/mol. The van der Waals surface area contributed by atoms with Gasteiger partial charge in [0.2, 0.25) is 0 Å². The number of aromatic nitrogens is 1. The number of carbonyl (C=O) groups excluding carboxylic acids is 1. The van der Waals surface area contributed by atoms with Crippen LogP contribution < -0.4 is 10.5 Å². The first-order chi connectivity index (χ1) is 8.11. The van der Waals surface area contributed by atoms with Crippen molar-refractivity contribution >= 4 is 17.2 Å². The molecule has 1 heterocycles. The molecule has 6 heteroatoms. The number of carbonyl (C=O) groups is 1. The van der Waals surface area contributed by atoms with Gasteiger partial charge in [-0.15, -0.1) is 11.3 Å². The van der Waals surface area contributed by atoms with Gasteiger partial charge in [-0.2, -0.15) is 0 Å². The highest BCUT2D eigenvalue weighted by molar-refractivity contribution is 7.12. The molecule has 0 bridgehead atoms. The Morgan fingerprint density at radius 2 is 2.29 bits per heavy atom. The maximum absolute atomic E-state index is 10.9. The first-order valence-electron chi connectivity index (χ1n) is 4.74. The standard InChI is InChI=1S/C11H10N2O3S/c1-16-9-4-6(2-3-8(9)14)7-5-17-11(13-7)10(12)15/h2-5,14H,1H3,(H2,12,15). The number of amides is 1. The Morgan fingerprint density at radius 3 is 2.88 bits per heavy atom. The van der Waals surface area contributed by atoms with Crippen molar-refractivity contribution in [2.24, 2.45) is 5.73 Å². The van der Waals surface area contributed by atoms with Gasteiger partial charge >= 0.3 is 0 Å². The predicted octanol–water partition coefficient (Wildman–Crippen LogP) is 1.62. The van der Waals surface area contributed by atoms with Crippen LogP contribution in [-0.2, 0) is 0 Å². The number of rotatable bonds is 3. The van der Waals surface area contributed by atoms with Crippen LogP contribution in [0.15, 0.2) is 23.6 Å². The largest absolute Gasteiger partial charge is 0.504 e. The van der Waals surface area contributed by atoms with Gasteiger partial charge in [-0.25, -0.2) is 4.98 Å². The van der Waals surface area contributed by atoms with Crippen LogP contribution in [0.25, 0.3) is 11.3 Å². The molecule has 0 saturated heterocycles. The summed E-state index contributed by atoms with van der Waals surface area (Å²) < 4.78 is 5.00. The molecule has 17 heavy (non-hydrogen) atoms. The lowest BCUT2D eigenvalue weighted by Gasteiger charge is -2.04. The van der Waals surface area contributed by atoms with Gasteiger partial charge in [-0.3, -0.25) is 4.79 Å². The number of nitrogens with two attached hydrogens (primary N) is 1. The zero-order valence-corrected chi connectivity index (χ0v) is 9.82. The average molecular weight is 250 g/mol. The van der Waals surface area contributed by atoms with Crippen molar-refractivity contribution in [2.75, 3.05) is 7.11 Å². The summed E-state index contributed by atoms with van der Waals surface area (Å²) in [5.74, 6) is -0.135. The van der Waals surface area contributed by atoms with Crippen molar-refractivity contribution in [3.05, 3.63) is 28.6 Å². The number of ether oxygens (including phenoxy) is 1. The van der Waals surface area contributed by atoms with E-state index in [4.69, 9.17) is 10.5 Å². The highest BCUT2D eigenvalue weighted by Gasteiger charge is 2.10. The molecule has 0 aliphatic heterocycles. The van der Waals surface area contributed by atoms with Gasteiger partial charge in [-0.05, 0) is 18.2 Å². The topological polar surface area (TPSA) is 85.4 Å². The van der Waals surface area contributed by atoms with Crippen molar-refractivity contribution in [1.29, 1.82) is 0 Å². The first-order valence-corrected chi connectivity index (χ1v) is 5.62. The monoisotopic (exact) mass is 250 g/mol. The zero-order valence-electron chi connectivity index (χ0n) is 9.01. The second kappa shape index (κ2) is 4.42. The third-order valence-electron chi connectivity index (χ3n) is 2.19. The summed E-state index contributed by atoms with van der Waals surface area (Å²) >= 11 is 1.18. The number of thiazole rings is 1. The third-order valence-corrected chi connectivity index (χ3v) is 3.05. The molecule has 0 radical (unpaired) electrons. The van der Waals surface area contributed by atoms with Crippen LogP contribution in [0.4, 0.5) is 0 Å². The molecule has 0 aliphatic rings. The molecule has 0 saturated carbocycles. The van der Waals surface area contributed by atoms with E-state index in [-0.39, 0.29) is 10.8 Å². The molecule has 0 aliphatic carbocycles. The number of hydrogen-bond donors (Lipinski definition) is 2. The maximum Gasteiger partial charge on any atom is 0.277 e. The van der Waals surface area contributed by atoms with E-state index in [1.54, 1.807) is 17.5 Å². The summed E-state index contributed by atoms with van der Waals surface area (Å²) in [6.45, 7) is 0. The number of primary amides is 1. The Morgan fingerprint density at radius 1 is 1.53 bits per heavy atom. The van der Waals surface area contributed by atoms with Gasteiger partial charge in [0.25, 0.3) is 5.91 Å². The van der Waals surface area contributed by atoms with Crippen LogP contribution in [0.3, 0.4) is 0 Å². The SMILES string of the molecule is COc1cc(-c2csc(C(N)=O)n2)ccc1O. The lowest BCUT2D eigenvalue weighted by molar-refractivity contribution is 0.1000. The Bertz CT molecular complexity index is 566. The van der Waals surface area contributed by atoms with Crippen molar-refractivity contribution in [3.63, 3.8) is 0 Å². The van der Waals surface area contributed by atoms with Gasteiger partial charge in [-0.1, -0.05) is 0 Å². The molecule has 0 atom stereocenters. The number of methoxy groups -OCH3 is 1. The highest BCUT2D eigenvalue weighted by Crippen LogP contribution is 2.31. The number of hydrogen-bond acceptors (Lipinski definition) is 5. The second-order valence-electron chi connectivity index (χ2n) is 3.29. The Labute approximate surface area is 101 Å². The van der Waals surface area contributed by atoms with Crippen LogP contribution in [0.1, 0.15) is 9.80 Å². The number of benzene rings is 1. The molecule has 0 spiro atoms. The average Bonchev–Trinajstić information content (AvgIpc) is 2.79.